The molecule has 1 rings (SSSR count). The highest BCUT2D eigenvalue weighted by Crippen LogP contribution is 2.39. The van der Waals surface area contributed by atoms with Crippen LogP contribution in [-0.2, 0) is 14.3 Å². The van der Waals surface area contributed by atoms with Crippen LogP contribution in [0.4, 0.5) is 0 Å². The number of amides is 1. The van der Waals surface area contributed by atoms with Crippen molar-refractivity contribution in [2.75, 3.05) is 6.61 Å². The quantitative estimate of drug-likeness (QED) is 0.0631. The summed E-state index contributed by atoms with van der Waals surface area (Å²) in [6.45, 7) is 19.9. The van der Waals surface area contributed by atoms with Gasteiger partial charge in [-0.15, -0.1) is 26.3 Å². The number of allylic oxidation sites excluding steroid dienone is 1. The van der Waals surface area contributed by atoms with Crippen molar-refractivity contribution in [3.05, 3.63) is 50.6 Å². The third kappa shape index (κ3) is 26.2. The summed E-state index contributed by atoms with van der Waals surface area (Å²) in [6, 6.07) is -0.742. The molecule has 0 radical (unpaired) electrons. The normalized spacial score (nSPS) is 16.7. The highest BCUT2D eigenvalue weighted by atomic mass is 16.7. The maximum absolute atomic E-state index is 12.9. The molecule has 314 valence electrons. The molecule has 0 spiro atoms. The Bertz CT molecular complexity index is 2280. The Labute approximate surface area is 374 Å². The van der Waals surface area contributed by atoms with E-state index in [0.29, 0.717) is 12.8 Å². The lowest BCUT2D eigenvalue weighted by atomic mass is 9.75. The fourth-order valence-corrected chi connectivity index (χ4v) is 6.28. The fraction of sp³-hybridized carbons (Fsp3) is 0.421. The molecule has 0 bridgehead atoms. The first-order valence-corrected chi connectivity index (χ1v) is 21.1. The molecule has 1 saturated heterocycles. The first-order chi connectivity index (χ1) is 30.5. The van der Waals surface area contributed by atoms with Gasteiger partial charge in [-0.3, -0.25) is 4.79 Å². The molecule has 7 atom stereocenters. The molecule has 0 aromatic rings. The van der Waals surface area contributed by atoms with Crippen LogP contribution in [0.5, 0.6) is 0 Å². The lowest BCUT2D eigenvalue weighted by Crippen LogP contribution is -2.50. The molecule has 62 heavy (non-hydrogen) atoms. The molecule has 2 unspecified atom stereocenters. The van der Waals surface area contributed by atoms with Crippen molar-refractivity contribution < 1.29 is 19.4 Å². The van der Waals surface area contributed by atoms with Gasteiger partial charge in [-0.2, -0.15) is 0 Å². The predicted molar refractivity (Wildman–Crippen MR) is 253 cm³/mol. The maximum atomic E-state index is 12.9. The molecule has 0 aromatic carbocycles. The molecule has 2 N–H and O–H groups in total. The van der Waals surface area contributed by atoms with Crippen molar-refractivity contribution in [3.63, 3.8) is 0 Å². The van der Waals surface area contributed by atoms with Crippen LogP contribution in [0.1, 0.15) is 104 Å². The molecule has 1 fully saturated rings. The molecule has 1 heterocycles. The van der Waals surface area contributed by atoms with Gasteiger partial charge in [-0.1, -0.05) is 114 Å². The zero-order valence-electron chi connectivity index (χ0n) is 36.5. The second kappa shape index (κ2) is 38.2. The van der Waals surface area contributed by atoms with Gasteiger partial charge in [0.1, 0.15) is 0 Å². The van der Waals surface area contributed by atoms with Gasteiger partial charge in [0.25, 0.3) is 5.91 Å². The van der Waals surface area contributed by atoms with E-state index < -0.39 is 24.3 Å². The van der Waals surface area contributed by atoms with Crippen LogP contribution in [0.25, 0.3) is 0 Å². The van der Waals surface area contributed by atoms with Crippen LogP contribution in [0.3, 0.4) is 0 Å². The molecular formula is C57H57NO4. The van der Waals surface area contributed by atoms with Crippen LogP contribution in [0.2, 0.25) is 0 Å². The highest BCUT2D eigenvalue weighted by molar-refractivity contribution is 5.94. The number of nitrogens with one attached hydrogen (secondary N) is 1. The number of carbonyl (C=O) groups is 1. The average Bonchev–Trinajstić information content (AvgIpc) is 3.28. The standard InChI is InChI=1S/C57H57NO4/c1-7-13-15-17-19-21-23-25-26-27-28-29-30-31-32-33-34-35-37-39-41-43-45-48-56(60)58-53(54(59)47-44-42-40-38-36-24-22-20-18-16-14-8-2)49-61-57-52(12-6)50(10-4)51(11-5)55(62-57)46-9-3/h9-12,50-55,57,59H,3-6,8,14,16,18,20,22,24,36,38,40,42,44,46-47,49H2,1-2H3,(H,58,60)/t50-,51+,52?,53-,54+,55?,57+/m0/s1. The topological polar surface area (TPSA) is 67.8 Å². The third-order valence-corrected chi connectivity index (χ3v) is 9.34. The Morgan fingerprint density at radius 2 is 1.00 bits per heavy atom. The third-order valence-electron chi connectivity index (χ3n) is 9.34. The lowest BCUT2D eigenvalue weighted by Gasteiger charge is -2.44. The molecule has 0 aromatic heterocycles. The van der Waals surface area contributed by atoms with Crippen LogP contribution in [0, 0.1) is 160 Å². The predicted octanol–water partition coefficient (Wildman–Crippen LogP) is 7.71. The number of ether oxygens (including phenoxy) is 2. The van der Waals surface area contributed by atoms with Crippen molar-refractivity contribution in [3.8, 4) is 142 Å². The smallest absolute Gasteiger partial charge is 0.297 e. The van der Waals surface area contributed by atoms with E-state index in [1.807, 2.05) is 12.2 Å². The van der Waals surface area contributed by atoms with Crippen molar-refractivity contribution in [2.45, 2.75) is 128 Å². The number of unbranched alkanes of at least 4 members (excludes halogenated alkanes) is 11. The summed E-state index contributed by atoms with van der Waals surface area (Å²) in [5.74, 6) is 59.8. The highest BCUT2D eigenvalue weighted by Gasteiger charge is 2.42. The summed E-state index contributed by atoms with van der Waals surface area (Å²) in [4.78, 5) is 12.9. The number of hydrogen-bond acceptors (Lipinski definition) is 4. The Hall–Kier alpha value is -6.97. The zero-order chi connectivity index (χ0) is 45.1. The Kier molecular flexibility index (Phi) is 32.7. The van der Waals surface area contributed by atoms with E-state index in [1.54, 1.807) is 19.1 Å². The Morgan fingerprint density at radius 1 is 0.597 bits per heavy atom. The molecule has 1 aliphatic heterocycles. The molecule has 0 saturated carbocycles. The SMILES string of the molecule is C=CCC1O[C@@H](OC[C@H](NC(=O)C#CC#CC#CC#CC#CC#CC#CC#CC#CC#CC#CC#CC)[C@H](O)CCCCCCCCCCCCCC)C(C=C)[C@@H](C=C)[C@H]1C=C. The molecular weight excluding hydrogens is 763 g/mol. The summed E-state index contributed by atoms with van der Waals surface area (Å²) < 4.78 is 12.7. The van der Waals surface area contributed by atoms with Gasteiger partial charge in [-0.25, -0.2) is 0 Å². The van der Waals surface area contributed by atoms with Gasteiger partial charge in [0.05, 0.1) is 24.9 Å². The zero-order valence-corrected chi connectivity index (χ0v) is 36.5. The summed E-state index contributed by atoms with van der Waals surface area (Å²) in [6.07, 6.45) is 21.3. The molecule has 1 aliphatic rings. The monoisotopic (exact) mass is 819 g/mol. The maximum Gasteiger partial charge on any atom is 0.297 e. The second-order valence-electron chi connectivity index (χ2n) is 13.8. The first kappa shape index (κ1) is 53.0. The van der Waals surface area contributed by atoms with E-state index in [9.17, 15) is 9.90 Å². The number of aliphatic hydroxyl groups is 1. The number of rotatable bonds is 23. The van der Waals surface area contributed by atoms with Gasteiger partial charge in [-0.05, 0) is 120 Å². The average molecular weight is 820 g/mol. The van der Waals surface area contributed by atoms with Gasteiger partial charge < -0.3 is 19.9 Å². The largest absolute Gasteiger partial charge is 0.391 e. The minimum Gasteiger partial charge on any atom is -0.391 e. The van der Waals surface area contributed by atoms with Crippen molar-refractivity contribution in [2.24, 2.45) is 17.8 Å². The summed E-state index contributed by atoms with van der Waals surface area (Å²) >= 11 is 0. The molecule has 5 heteroatoms. The second-order valence-corrected chi connectivity index (χ2v) is 13.8. The summed E-state index contributed by atoms with van der Waals surface area (Å²) in [5, 5.41) is 14.1. The lowest BCUT2D eigenvalue weighted by molar-refractivity contribution is -0.236. The van der Waals surface area contributed by atoms with Crippen LogP contribution in [-0.4, -0.2) is 42.2 Å². The van der Waals surface area contributed by atoms with Gasteiger partial charge in [0, 0.05) is 53.3 Å². The van der Waals surface area contributed by atoms with E-state index in [2.05, 4.69) is 181 Å². The van der Waals surface area contributed by atoms with E-state index in [0.717, 1.165) is 19.3 Å². The molecule has 1 amide bonds. The Balaban J connectivity index is 2.84. The van der Waals surface area contributed by atoms with Crippen LogP contribution in [0.15, 0.2) is 50.6 Å². The number of carbonyl (C=O) groups excluding carboxylic acids is 1. The van der Waals surface area contributed by atoms with Crippen molar-refractivity contribution in [1.29, 1.82) is 0 Å². The van der Waals surface area contributed by atoms with Gasteiger partial charge in [0.15, 0.2) is 6.29 Å². The fourth-order valence-electron chi connectivity index (χ4n) is 6.28. The van der Waals surface area contributed by atoms with Crippen LogP contribution >= 0.6 is 0 Å². The van der Waals surface area contributed by atoms with E-state index in [4.69, 9.17) is 9.47 Å². The molecule has 5 nitrogen and oxygen atoms in total. The Morgan fingerprint density at radius 3 is 1.40 bits per heavy atom. The summed E-state index contributed by atoms with van der Waals surface area (Å²) in [5.41, 5.74) is 0. The van der Waals surface area contributed by atoms with E-state index in [1.165, 1.54) is 57.8 Å². The van der Waals surface area contributed by atoms with E-state index >= 15 is 0 Å². The van der Waals surface area contributed by atoms with Crippen LogP contribution < -0.4 is 5.32 Å². The number of hydrogen-bond donors (Lipinski definition) is 2. The minimum atomic E-state index is -0.865. The first-order valence-electron chi connectivity index (χ1n) is 21.1. The van der Waals surface area contributed by atoms with Gasteiger partial charge >= 0.3 is 0 Å². The van der Waals surface area contributed by atoms with Crippen molar-refractivity contribution in [1.82, 2.24) is 5.32 Å². The van der Waals surface area contributed by atoms with E-state index in [-0.39, 0.29) is 30.5 Å². The molecule has 0 aliphatic carbocycles. The van der Waals surface area contributed by atoms with Crippen molar-refractivity contribution >= 4 is 5.91 Å². The minimum absolute atomic E-state index is 0.00227. The van der Waals surface area contributed by atoms with Gasteiger partial charge in [0.2, 0.25) is 0 Å². The number of aliphatic hydroxyl groups excluding tert-OH is 1. The summed E-state index contributed by atoms with van der Waals surface area (Å²) in [7, 11) is 0.